The van der Waals surface area contributed by atoms with Gasteiger partial charge in [-0.1, -0.05) is 0 Å². The molecule has 0 saturated heterocycles. The number of rotatable bonds is 3. The van der Waals surface area contributed by atoms with Crippen LogP contribution in [0.25, 0.3) is 0 Å². The van der Waals surface area contributed by atoms with Gasteiger partial charge < -0.3 is 14.1 Å². The van der Waals surface area contributed by atoms with Gasteiger partial charge in [-0.3, -0.25) is 0 Å². The average molecular weight is 209 g/mol. The molecule has 0 bridgehead atoms. The fraction of sp³-hybridized carbons (Fsp3) is 0.375. The van der Waals surface area contributed by atoms with Gasteiger partial charge in [0, 0.05) is 32.4 Å². The van der Waals surface area contributed by atoms with Crippen molar-refractivity contribution in [1.29, 1.82) is 0 Å². The molecule has 0 radical (unpaired) electrons. The second kappa shape index (κ2) is 3.75. The molecule has 0 saturated carbocycles. The zero-order valence-electron chi connectivity index (χ0n) is 7.84. The molecule has 0 fully saturated rings. The summed E-state index contributed by atoms with van der Waals surface area (Å²) < 4.78 is 4.63. The van der Waals surface area contributed by atoms with Crippen LogP contribution in [0.5, 0.6) is 0 Å². The molecular weight excluding hydrogens is 198 g/mol. The highest BCUT2D eigenvalue weighted by Crippen LogP contribution is 1.97. The summed E-state index contributed by atoms with van der Waals surface area (Å²) in [7, 11) is 1.94. The lowest BCUT2D eigenvalue weighted by Gasteiger charge is -2.01. The Hall–Kier alpha value is -1.43. The minimum Gasteiger partial charge on any atom is -0.337 e. The van der Waals surface area contributed by atoms with Crippen LogP contribution >= 0.6 is 12.2 Å². The topological polar surface area (TPSA) is 51.4 Å². The molecule has 1 N–H and O–H groups in total. The van der Waals surface area contributed by atoms with Gasteiger partial charge in [-0.2, -0.15) is 0 Å². The molecule has 0 spiro atoms. The third-order valence-electron chi connectivity index (χ3n) is 2.10. The molecule has 74 valence electrons. The zero-order valence-corrected chi connectivity index (χ0v) is 8.66. The largest absolute Gasteiger partial charge is 0.337 e. The first-order valence-electron chi connectivity index (χ1n) is 4.34. The predicted molar refractivity (Wildman–Crippen MR) is 54.3 cm³/mol. The van der Waals surface area contributed by atoms with Gasteiger partial charge in [-0.25, -0.2) is 0 Å². The Kier molecular flexibility index (Phi) is 2.45. The molecule has 0 unspecified atom stereocenters. The van der Waals surface area contributed by atoms with Gasteiger partial charge in [-0.05, 0) is 12.2 Å². The fourth-order valence-corrected chi connectivity index (χ4v) is 1.50. The van der Waals surface area contributed by atoms with Crippen LogP contribution < -0.4 is 0 Å². The van der Waals surface area contributed by atoms with Crippen molar-refractivity contribution in [2.75, 3.05) is 0 Å². The quantitative estimate of drug-likeness (QED) is 0.765. The van der Waals surface area contributed by atoms with Gasteiger partial charge in [0.2, 0.25) is 0 Å². The molecule has 2 aromatic heterocycles. The second-order valence-corrected chi connectivity index (χ2v) is 3.45. The molecule has 6 heteroatoms. The van der Waals surface area contributed by atoms with Crippen molar-refractivity contribution in [2.24, 2.45) is 7.05 Å². The number of aromatic amines is 1. The Balaban J connectivity index is 2.05. The first-order chi connectivity index (χ1) is 6.77. The van der Waals surface area contributed by atoms with E-state index in [0.717, 1.165) is 23.6 Å². The number of hydrogen-bond donors (Lipinski definition) is 1. The van der Waals surface area contributed by atoms with Gasteiger partial charge >= 0.3 is 0 Å². The number of aryl methyl sites for hydroxylation is 3. The first kappa shape index (κ1) is 9.14. The summed E-state index contributed by atoms with van der Waals surface area (Å²) >= 11 is 5.08. The van der Waals surface area contributed by atoms with E-state index >= 15 is 0 Å². The molecule has 0 amide bonds. The molecule has 0 aromatic carbocycles. The van der Waals surface area contributed by atoms with E-state index in [4.69, 9.17) is 12.2 Å². The maximum absolute atomic E-state index is 5.08. The summed E-state index contributed by atoms with van der Waals surface area (Å²) in [6, 6.07) is 0. The van der Waals surface area contributed by atoms with Crippen LogP contribution in [0, 0.1) is 4.77 Å². The van der Waals surface area contributed by atoms with Crippen molar-refractivity contribution < 1.29 is 0 Å². The predicted octanol–water partition coefficient (Wildman–Crippen LogP) is 0.917. The highest BCUT2D eigenvalue weighted by molar-refractivity contribution is 7.71. The molecule has 0 aliphatic heterocycles. The van der Waals surface area contributed by atoms with E-state index in [0.29, 0.717) is 0 Å². The lowest BCUT2D eigenvalue weighted by atomic mass is 10.4. The summed E-state index contributed by atoms with van der Waals surface area (Å²) in [6.45, 7) is 0.828. The third kappa shape index (κ3) is 1.74. The Morgan fingerprint density at radius 1 is 1.57 bits per heavy atom. The minimum atomic E-state index is 0.743. The Bertz CT molecular complexity index is 466. The summed E-state index contributed by atoms with van der Waals surface area (Å²) in [5.74, 6) is 0.966. The second-order valence-electron chi connectivity index (χ2n) is 3.07. The molecule has 2 aromatic rings. The highest BCUT2D eigenvalue weighted by atomic mass is 32.1. The average Bonchev–Trinajstić information content (AvgIpc) is 2.72. The van der Waals surface area contributed by atoms with Crippen LogP contribution in [0.2, 0.25) is 0 Å². The van der Waals surface area contributed by atoms with Crippen LogP contribution in [0.3, 0.4) is 0 Å². The molecular formula is C8H11N5S. The van der Waals surface area contributed by atoms with Crippen molar-refractivity contribution in [3.63, 3.8) is 0 Å². The highest BCUT2D eigenvalue weighted by Gasteiger charge is 2.00. The summed E-state index contributed by atoms with van der Waals surface area (Å²) in [5.41, 5.74) is 0. The number of nitrogens with one attached hydrogen (secondary N) is 1. The van der Waals surface area contributed by atoms with E-state index in [1.54, 1.807) is 6.33 Å². The van der Waals surface area contributed by atoms with Crippen LogP contribution in [0.4, 0.5) is 0 Å². The molecule has 14 heavy (non-hydrogen) atoms. The normalized spacial score (nSPS) is 10.6. The third-order valence-corrected chi connectivity index (χ3v) is 2.46. The van der Waals surface area contributed by atoms with Crippen molar-refractivity contribution in [3.05, 3.63) is 29.3 Å². The van der Waals surface area contributed by atoms with E-state index in [9.17, 15) is 0 Å². The standard InChI is InChI=1S/C8H11N5S/c1-12-6-10-11-7(12)2-4-13-5-3-9-8(13)14/h3,5-6H,2,4H2,1H3,(H,9,14). The van der Waals surface area contributed by atoms with E-state index in [1.807, 2.05) is 28.6 Å². The number of H-pyrrole nitrogens is 1. The molecule has 0 aliphatic carbocycles. The Morgan fingerprint density at radius 3 is 3.00 bits per heavy atom. The smallest absolute Gasteiger partial charge is 0.177 e. The Labute approximate surface area is 86.4 Å². The zero-order chi connectivity index (χ0) is 9.97. The number of hydrogen-bond acceptors (Lipinski definition) is 3. The molecule has 2 rings (SSSR count). The SMILES string of the molecule is Cn1cnnc1CCn1cc[nH]c1=S. The van der Waals surface area contributed by atoms with Crippen molar-refractivity contribution in [1.82, 2.24) is 24.3 Å². The monoisotopic (exact) mass is 209 g/mol. The summed E-state index contributed by atoms with van der Waals surface area (Å²) in [5, 5.41) is 7.81. The van der Waals surface area contributed by atoms with Gasteiger partial charge in [0.1, 0.15) is 12.2 Å². The summed E-state index contributed by atoms with van der Waals surface area (Å²) in [4.78, 5) is 2.95. The van der Waals surface area contributed by atoms with Gasteiger partial charge in [0.25, 0.3) is 0 Å². The van der Waals surface area contributed by atoms with Crippen molar-refractivity contribution in [2.45, 2.75) is 13.0 Å². The maximum atomic E-state index is 5.08. The van der Waals surface area contributed by atoms with Gasteiger partial charge in [-0.15, -0.1) is 10.2 Å². The lowest BCUT2D eigenvalue weighted by molar-refractivity contribution is 0.642. The van der Waals surface area contributed by atoms with E-state index < -0.39 is 0 Å². The molecule has 5 nitrogen and oxygen atoms in total. The van der Waals surface area contributed by atoms with Gasteiger partial charge in [0.15, 0.2) is 4.77 Å². The summed E-state index contributed by atoms with van der Waals surface area (Å²) in [6.07, 6.45) is 6.30. The van der Waals surface area contributed by atoms with Crippen LogP contribution in [-0.2, 0) is 20.0 Å². The minimum absolute atomic E-state index is 0.743. The number of aromatic nitrogens is 5. The maximum Gasteiger partial charge on any atom is 0.177 e. The van der Waals surface area contributed by atoms with E-state index in [-0.39, 0.29) is 0 Å². The Morgan fingerprint density at radius 2 is 2.43 bits per heavy atom. The van der Waals surface area contributed by atoms with Crippen molar-refractivity contribution >= 4 is 12.2 Å². The van der Waals surface area contributed by atoms with Gasteiger partial charge in [0.05, 0.1) is 0 Å². The molecule has 0 aliphatic rings. The molecule has 2 heterocycles. The van der Waals surface area contributed by atoms with E-state index in [1.165, 1.54) is 0 Å². The van der Waals surface area contributed by atoms with Crippen LogP contribution in [-0.4, -0.2) is 24.3 Å². The van der Waals surface area contributed by atoms with Crippen LogP contribution in [0.1, 0.15) is 5.82 Å². The number of imidazole rings is 1. The van der Waals surface area contributed by atoms with Crippen molar-refractivity contribution in [3.8, 4) is 0 Å². The van der Waals surface area contributed by atoms with E-state index in [2.05, 4.69) is 15.2 Å². The van der Waals surface area contributed by atoms with Crippen LogP contribution in [0.15, 0.2) is 18.7 Å². The number of nitrogens with zero attached hydrogens (tertiary/aromatic N) is 4. The molecule has 0 atom stereocenters. The first-order valence-corrected chi connectivity index (χ1v) is 4.75. The fourth-order valence-electron chi connectivity index (χ4n) is 1.28. The lowest BCUT2D eigenvalue weighted by Crippen LogP contribution is -2.04.